The SMILES string of the molecule is Cc1ccc(CCC(=O)c2ccc3nccn3c2)cc1.O=S([O-])N1CCOC2CNCC21. The van der Waals surface area contributed by atoms with E-state index in [0.29, 0.717) is 26.1 Å². The lowest BCUT2D eigenvalue weighted by Crippen LogP contribution is -2.51. The van der Waals surface area contributed by atoms with Gasteiger partial charge in [0, 0.05) is 61.5 Å². The molecule has 0 spiro atoms. The molecule has 0 amide bonds. The van der Waals surface area contributed by atoms with Gasteiger partial charge in [-0.2, -0.15) is 0 Å². The Balaban J connectivity index is 0.000000174. The molecule has 1 aromatic carbocycles. The van der Waals surface area contributed by atoms with Crippen molar-refractivity contribution in [2.75, 3.05) is 26.2 Å². The number of hydrogen-bond acceptors (Lipinski definition) is 6. The zero-order valence-electron chi connectivity index (χ0n) is 18.0. The van der Waals surface area contributed by atoms with Crippen molar-refractivity contribution < 1.29 is 18.3 Å². The van der Waals surface area contributed by atoms with Gasteiger partial charge in [0.2, 0.25) is 0 Å². The fraction of sp³-hybridized carbons (Fsp3) is 0.391. The van der Waals surface area contributed by atoms with Crippen molar-refractivity contribution in [3.05, 3.63) is 71.7 Å². The molecule has 2 saturated heterocycles. The summed E-state index contributed by atoms with van der Waals surface area (Å²) in [6.07, 6.45) is 6.79. The first-order valence-corrected chi connectivity index (χ1v) is 11.7. The molecule has 2 aliphatic rings. The number of morpholine rings is 1. The number of pyridine rings is 1. The third kappa shape index (κ3) is 5.48. The Hall–Kier alpha value is -2.43. The van der Waals surface area contributed by atoms with Gasteiger partial charge >= 0.3 is 0 Å². The van der Waals surface area contributed by atoms with E-state index in [1.54, 1.807) is 6.20 Å². The van der Waals surface area contributed by atoms with Crippen molar-refractivity contribution in [2.24, 2.45) is 0 Å². The fourth-order valence-corrected chi connectivity index (χ4v) is 4.64. The number of benzene rings is 1. The second-order valence-electron chi connectivity index (χ2n) is 8.01. The summed E-state index contributed by atoms with van der Waals surface area (Å²) in [6.45, 7) is 4.53. The zero-order chi connectivity index (χ0) is 22.5. The van der Waals surface area contributed by atoms with Gasteiger partial charge in [0.05, 0.1) is 18.8 Å². The summed E-state index contributed by atoms with van der Waals surface area (Å²) in [7, 11) is 0. The molecule has 0 saturated carbocycles. The van der Waals surface area contributed by atoms with Crippen LogP contribution in [0.4, 0.5) is 0 Å². The minimum absolute atomic E-state index is 0.0112. The Labute approximate surface area is 190 Å². The minimum atomic E-state index is -2.10. The maximum absolute atomic E-state index is 12.2. The van der Waals surface area contributed by atoms with Crippen LogP contribution in [0.1, 0.15) is 27.9 Å². The summed E-state index contributed by atoms with van der Waals surface area (Å²) in [6, 6.07) is 12.1. The molecule has 0 bridgehead atoms. The molecule has 5 rings (SSSR count). The molecule has 3 aromatic rings. The van der Waals surface area contributed by atoms with E-state index >= 15 is 0 Å². The van der Waals surface area contributed by atoms with Crippen LogP contribution < -0.4 is 5.32 Å². The highest BCUT2D eigenvalue weighted by Gasteiger charge is 2.36. The van der Waals surface area contributed by atoms with Crippen molar-refractivity contribution in [2.45, 2.75) is 31.9 Å². The molecule has 2 aromatic heterocycles. The van der Waals surface area contributed by atoms with Crippen molar-refractivity contribution in [3.8, 4) is 0 Å². The van der Waals surface area contributed by atoms with E-state index in [1.165, 1.54) is 15.4 Å². The Morgan fingerprint density at radius 1 is 1.25 bits per heavy atom. The van der Waals surface area contributed by atoms with E-state index in [1.807, 2.05) is 28.9 Å². The molecule has 4 heterocycles. The molecule has 1 N–H and O–H groups in total. The first-order valence-electron chi connectivity index (χ1n) is 10.7. The lowest BCUT2D eigenvalue weighted by atomic mass is 10.0. The smallest absolute Gasteiger partial charge is 0.164 e. The molecule has 2 aliphatic heterocycles. The third-order valence-corrected chi connectivity index (χ3v) is 6.64. The summed E-state index contributed by atoms with van der Waals surface area (Å²) < 4.78 is 30.2. The van der Waals surface area contributed by atoms with Gasteiger partial charge in [0.15, 0.2) is 5.78 Å². The van der Waals surface area contributed by atoms with Crippen LogP contribution in [0, 0.1) is 6.92 Å². The van der Waals surface area contributed by atoms with Crippen LogP contribution in [0.25, 0.3) is 5.65 Å². The first kappa shape index (κ1) is 22.8. The quantitative estimate of drug-likeness (QED) is 0.466. The Morgan fingerprint density at radius 3 is 2.84 bits per heavy atom. The van der Waals surface area contributed by atoms with Crippen LogP contribution in [-0.4, -0.2) is 66.6 Å². The summed E-state index contributed by atoms with van der Waals surface area (Å²) in [5.74, 6) is 0.168. The first-order chi connectivity index (χ1) is 15.5. The van der Waals surface area contributed by atoms with Crippen LogP contribution in [0.15, 0.2) is 55.0 Å². The number of rotatable bonds is 5. The maximum Gasteiger partial charge on any atom is 0.164 e. The summed E-state index contributed by atoms with van der Waals surface area (Å²) in [4.78, 5) is 16.4. The van der Waals surface area contributed by atoms with Crippen molar-refractivity contribution in [3.63, 3.8) is 0 Å². The van der Waals surface area contributed by atoms with E-state index in [9.17, 15) is 13.6 Å². The van der Waals surface area contributed by atoms with E-state index in [-0.39, 0.29) is 17.9 Å². The predicted molar refractivity (Wildman–Crippen MR) is 121 cm³/mol. The molecule has 8 nitrogen and oxygen atoms in total. The monoisotopic (exact) mass is 455 g/mol. The molecule has 3 atom stereocenters. The normalized spacial score (nSPS) is 21.6. The standard InChI is InChI=1S/C17H16N2O.C6H12N2O3S/c1-13-2-4-14(5-3-13)6-8-16(20)15-7-9-17-18-10-11-19(17)12-15;9-12(10)8-1-2-11-6-4-7-3-5(6)8/h2-5,7,9-12H,6,8H2,1H3;5-7H,1-4H2,(H,9,10)/p-1. The average Bonchev–Trinajstić information content (AvgIpc) is 3.47. The van der Waals surface area contributed by atoms with Gasteiger partial charge in [-0.25, -0.2) is 9.29 Å². The fourth-order valence-electron chi connectivity index (χ4n) is 3.99. The minimum Gasteiger partial charge on any atom is -0.760 e. The number of imidazole rings is 1. The topological polar surface area (TPSA) is 99.0 Å². The second kappa shape index (κ2) is 10.5. The van der Waals surface area contributed by atoms with Crippen LogP contribution >= 0.6 is 0 Å². The zero-order valence-corrected chi connectivity index (χ0v) is 18.8. The summed E-state index contributed by atoms with van der Waals surface area (Å²) >= 11 is -2.10. The molecule has 9 heteroatoms. The van der Waals surface area contributed by atoms with Gasteiger partial charge < -0.3 is 19.0 Å². The summed E-state index contributed by atoms with van der Waals surface area (Å²) in [5, 5.41) is 3.11. The van der Waals surface area contributed by atoms with Gasteiger partial charge in [-0.15, -0.1) is 0 Å². The average molecular weight is 456 g/mol. The number of aromatic nitrogens is 2. The highest BCUT2D eigenvalue weighted by molar-refractivity contribution is 7.76. The molecule has 3 unspecified atom stereocenters. The number of hydrogen-bond donors (Lipinski definition) is 1. The van der Waals surface area contributed by atoms with Crippen LogP contribution in [0.3, 0.4) is 0 Å². The Morgan fingerprint density at radius 2 is 2.06 bits per heavy atom. The number of carbonyl (C=O) groups is 1. The number of nitrogens with zero attached hydrogens (tertiary/aromatic N) is 3. The summed E-state index contributed by atoms with van der Waals surface area (Å²) in [5.41, 5.74) is 4.04. The van der Waals surface area contributed by atoms with Crippen LogP contribution in [0.2, 0.25) is 0 Å². The largest absolute Gasteiger partial charge is 0.760 e. The lowest BCUT2D eigenvalue weighted by Gasteiger charge is -2.37. The Bertz CT molecular complexity index is 1090. The number of aryl methyl sites for hydroxylation is 2. The number of ketones is 1. The lowest BCUT2D eigenvalue weighted by molar-refractivity contribution is -0.0155. The van der Waals surface area contributed by atoms with E-state index < -0.39 is 11.3 Å². The number of fused-ring (bicyclic) bond motifs is 2. The van der Waals surface area contributed by atoms with Crippen molar-refractivity contribution >= 4 is 22.7 Å². The number of nitrogens with one attached hydrogen (secondary N) is 1. The molecule has 0 radical (unpaired) electrons. The third-order valence-electron chi connectivity index (χ3n) is 5.81. The van der Waals surface area contributed by atoms with E-state index in [4.69, 9.17) is 4.74 Å². The van der Waals surface area contributed by atoms with Gasteiger partial charge in [-0.3, -0.25) is 9.00 Å². The number of ether oxygens (including phenoxy) is 1. The molecular formula is C23H27N4O4S-. The molecule has 0 aliphatic carbocycles. The van der Waals surface area contributed by atoms with E-state index in [0.717, 1.165) is 24.2 Å². The predicted octanol–water partition coefficient (Wildman–Crippen LogP) is 1.91. The molecule has 2 fully saturated rings. The number of Topliss-reactive ketones (excluding diaryl/α,β-unsaturated/α-hetero) is 1. The van der Waals surface area contributed by atoms with Gasteiger partial charge in [-0.1, -0.05) is 29.8 Å². The van der Waals surface area contributed by atoms with E-state index in [2.05, 4.69) is 41.5 Å². The molecule has 170 valence electrons. The van der Waals surface area contributed by atoms with Crippen LogP contribution in [-0.2, 0) is 22.4 Å². The molecule has 32 heavy (non-hydrogen) atoms. The second-order valence-corrected chi connectivity index (χ2v) is 8.92. The van der Waals surface area contributed by atoms with Gasteiger partial charge in [-0.05, 0) is 31.0 Å². The number of carbonyl (C=O) groups excluding carboxylic acids is 1. The van der Waals surface area contributed by atoms with Gasteiger partial charge in [0.25, 0.3) is 0 Å². The van der Waals surface area contributed by atoms with Crippen molar-refractivity contribution in [1.29, 1.82) is 0 Å². The van der Waals surface area contributed by atoms with Crippen LogP contribution in [0.5, 0.6) is 0 Å². The van der Waals surface area contributed by atoms with Gasteiger partial charge in [0.1, 0.15) is 5.65 Å². The highest BCUT2D eigenvalue weighted by atomic mass is 32.2. The highest BCUT2D eigenvalue weighted by Crippen LogP contribution is 2.18. The van der Waals surface area contributed by atoms with Crippen molar-refractivity contribution in [1.82, 2.24) is 19.0 Å². The maximum atomic E-state index is 12.2. The Kier molecular flexibility index (Phi) is 7.44. The molecular weight excluding hydrogens is 428 g/mol.